The predicted molar refractivity (Wildman–Crippen MR) is 97.7 cm³/mol. The minimum absolute atomic E-state index is 0.0126. The first-order valence-corrected chi connectivity index (χ1v) is 10.3. The molecule has 0 spiro atoms. The number of aromatic nitrogens is 2. The molecule has 136 valence electrons. The average Bonchev–Trinajstić information content (AvgIpc) is 2.99. The van der Waals surface area contributed by atoms with Crippen LogP contribution in [-0.4, -0.2) is 42.2 Å². The van der Waals surface area contributed by atoms with Gasteiger partial charge in [-0.05, 0) is 32.3 Å². The summed E-state index contributed by atoms with van der Waals surface area (Å²) in [7, 11) is -3.51. The van der Waals surface area contributed by atoms with Crippen molar-refractivity contribution in [2.75, 3.05) is 13.1 Å². The maximum absolute atomic E-state index is 12.6. The summed E-state index contributed by atoms with van der Waals surface area (Å²) in [5, 5.41) is 4.14. The van der Waals surface area contributed by atoms with E-state index in [1.165, 1.54) is 11.8 Å². The maximum atomic E-state index is 12.6. The second-order valence-electron chi connectivity index (χ2n) is 6.57. The zero-order chi connectivity index (χ0) is 17.9. The van der Waals surface area contributed by atoms with E-state index in [0.29, 0.717) is 17.1 Å². The lowest BCUT2D eigenvalue weighted by Crippen LogP contribution is -2.44. The van der Waals surface area contributed by atoms with Crippen molar-refractivity contribution in [2.24, 2.45) is 0 Å². The van der Waals surface area contributed by atoms with E-state index in [-0.39, 0.29) is 6.04 Å². The number of likely N-dealkylation sites (tertiary alicyclic amines) is 1. The van der Waals surface area contributed by atoms with Crippen LogP contribution in [0.1, 0.15) is 31.0 Å². The second-order valence-corrected chi connectivity index (χ2v) is 8.25. The summed E-state index contributed by atoms with van der Waals surface area (Å²) in [4.78, 5) is 2.67. The van der Waals surface area contributed by atoms with E-state index in [2.05, 4.69) is 39.0 Å². The first-order chi connectivity index (χ1) is 12.0. The van der Waals surface area contributed by atoms with Gasteiger partial charge in [-0.1, -0.05) is 30.3 Å². The van der Waals surface area contributed by atoms with Crippen molar-refractivity contribution in [2.45, 2.75) is 50.7 Å². The molecule has 2 heterocycles. The molecule has 0 saturated carbocycles. The zero-order valence-corrected chi connectivity index (χ0v) is 15.7. The Hall–Kier alpha value is -1.70. The molecule has 2 aromatic rings. The lowest BCUT2D eigenvalue weighted by Gasteiger charge is -2.32. The van der Waals surface area contributed by atoms with Crippen LogP contribution in [0.4, 0.5) is 0 Å². The van der Waals surface area contributed by atoms with Crippen LogP contribution >= 0.6 is 0 Å². The van der Waals surface area contributed by atoms with Crippen molar-refractivity contribution in [1.29, 1.82) is 0 Å². The number of rotatable bonds is 6. The maximum Gasteiger partial charge on any atom is 0.244 e. The van der Waals surface area contributed by atoms with E-state index in [4.69, 9.17) is 0 Å². The fourth-order valence-electron chi connectivity index (χ4n) is 3.35. The van der Waals surface area contributed by atoms with E-state index in [0.717, 1.165) is 32.5 Å². The van der Waals surface area contributed by atoms with Crippen molar-refractivity contribution in [1.82, 2.24) is 19.4 Å². The number of benzene rings is 1. The number of aryl methyl sites for hydroxylation is 1. The van der Waals surface area contributed by atoms with Gasteiger partial charge in [0.15, 0.2) is 0 Å². The van der Waals surface area contributed by atoms with Gasteiger partial charge >= 0.3 is 0 Å². The molecule has 0 radical (unpaired) electrons. The third-order valence-electron chi connectivity index (χ3n) is 4.81. The van der Waals surface area contributed by atoms with E-state index in [1.54, 1.807) is 11.6 Å². The number of nitrogens with zero attached hydrogens (tertiary/aromatic N) is 3. The summed E-state index contributed by atoms with van der Waals surface area (Å²) in [5.74, 6) is 0. The van der Waals surface area contributed by atoms with Crippen molar-refractivity contribution in [3.63, 3.8) is 0 Å². The molecule has 0 bridgehead atoms. The molecule has 1 N–H and O–H groups in total. The summed E-state index contributed by atoms with van der Waals surface area (Å²) in [6.45, 7) is 7.13. The highest BCUT2D eigenvalue weighted by Crippen LogP contribution is 2.19. The smallest absolute Gasteiger partial charge is 0.244 e. The van der Waals surface area contributed by atoms with Gasteiger partial charge in [-0.2, -0.15) is 5.10 Å². The Morgan fingerprint density at radius 2 is 1.88 bits per heavy atom. The molecule has 0 aliphatic carbocycles. The number of hydrogen-bond acceptors (Lipinski definition) is 4. The van der Waals surface area contributed by atoms with Gasteiger partial charge in [0.25, 0.3) is 0 Å². The number of sulfonamides is 1. The van der Waals surface area contributed by atoms with Gasteiger partial charge in [0.2, 0.25) is 10.0 Å². The molecule has 0 amide bonds. The van der Waals surface area contributed by atoms with Crippen molar-refractivity contribution in [3.05, 3.63) is 47.8 Å². The molecule has 1 aliphatic heterocycles. The largest absolute Gasteiger partial charge is 0.299 e. The van der Waals surface area contributed by atoms with Crippen LogP contribution in [-0.2, 0) is 23.1 Å². The van der Waals surface area contributed by atoms with E-state index in [9.17, 15) is 8.42 Å². The van der Waals surface area contributed by atoms with Crippen LogP contribution in [0.25, 0.3) is 0 Å². The number of hydrogen-bond donors (Lipinski definition) is 1. The van der Waals surface area contributed by atoms with Gasteiger partial charge < -0.3 is 0 Å². The highest BCUT2D eigenvalue weighted by Gasteiger charge is 2.27. The lowest BCUT2D eigenvalue weighted by atomic mass is 10.1. The molecular formula is C18H26N4O2S. The van der Waals surface area contributed by atoms with E-state index in [1.807, 2.05) is 13.0 Å². The third kappa shape index (κ3) is 4.29. The Kier molecular flexibility index (Phi) is 5.56. The summed E-state index contributed by atoms with van der Waals surface area (Å²) in [5.41, 5.74) is 1.99. The molecule has 7 heteroatoms. The molecular weight excluding hydrogens is 336 g/mol. The normalized spacial score (nSPS) is 17.0. The first-order valence-electron chi connectivity index (χ1n) is 8.80. The highest BCUT2D eigenvalue weighted by molar-refractivity contribution is 7.89. The Morgan fingerprint density at radius 3 is 2.48 bits per heavy atom. The fourth-order valence-corrected chi connectivity index (χ4v) is 4.83. The van der Waals surface area contributed by atoms with Gasteiger partial charge in [-0.15, -0.1) is 0 Å². The average molecular weight is 362 g/mol. The minimum Gasteiger partial charge on any atom is -0.299 e. The lowest BCUT2D eigenvalue weighted by molar-refractivity contribution is 0.200. The van der Waals surface area contributed by atoms with E-state index >= 15 is 0 Å². The molecule has 1 saturated heterocycles. The van der Waals surface area contributed by atoms with Crippen LogP contribution in [0.5, 0.6) is 0 Å². The quantitative estimate of drug-likeness (QED) is 0.855. The van der Waals surface area contributed by atoms with Crippen LogP contribution in [0.3, 0.4) is 0 Å². The number of nitrogens with one attached hydrogen (secondary N) is 1. The van der Waals surface area contributed by atoms with Crippen molar-refractivity contribution in [3.8, 4) is 0 Å². The zero-order valence-electron chi connectivity index (χ0n) is 14.9. The van der Waals surface area contributed by atoms with Crippen molar-refractivity contribution < 1.29 is 8.42 Å². The molecule has 1 aromatic heterocycles. The van der Waals surface area contributed by atoms with Crippen molar-refractivity contribution >= 4 is 10.0 Å². The van der Waals surface area contributed by atoms with Gasteiger partial charge in [0.05, 0.1) is 11.9 Å². The number of piperidine rings is 1. The predicted octanol–water partition coefficient (Wildman–Crippen LogP) is 2.15. The summed E-state index contributed by atoms with van der Waals surface area (Å²) < 4.78 is 29.9. The Balaban J connectivity index is 1.57. The Labute approximate surface area is 149 Å². The fraction of sp³-hybridized carbons (Fsp3) is 0.500. The molecule has 0 unspecified atom stereocenters. The molecule has 1 aromatic carbocycles. The third-order valence-corrected chi connectivity index (χ3v) is 6.43. The van der Waals surface area contributed by atoms with Crippen LogP contribution in [0.2, 0.25) is 0 Å². The summed E-state index contributed by atoms with van der Waals surface area (Å²) in [6.07, 6.45) is 3.10. The monoisotopic (exact) mass is 362 g/mol. The first kappa shape index (κ1) is 18.1. The molecule has 6 nitrogen and oxygen atoms in total. The molecule has 1 aliphatic rings. The second kappa shape index (κ2) is 7.68. The summed E-state index contributed by atoms with van der Waals surface area (Å²) >= 11 is 0. The van der Waals surface area contributed by atoms with Crippen LogP contribution in [0.15, 0.2) is 41.4 Å². The standard InChI is InChI=1S/C18H26N4O2S/c1-3-22-15(2)18(13-19-22)25(23,24)20-17-9-11-21(12-10-17)14-16-7-5-4-6-8-16/h4-8,13,17,20H,3,9-12,14H2,1-2H3. The Morgan fingerprint density at radius 1 is 1.20 bits per heavy atom. The topological polar surface area (TPSA) is 67.2 Å². The SMILES string of the molecule is CCn1ncc(S(=O)(=O)NC2CCN(Cc3ccccc3)CC2)c1C. The van der Waals surface area contributed by atoms with Gasteiger partial charge in [0.1, 0.15) is 4.90 Å². The Bertz CT molecular complexity index is 794. The van der Waals surface area contributed by atoms with Crippen LogP contribution in [0, 0.1) is 6.92 Å². The molecule has 0 atom stereocenters. The molecule has 25 heavy (non-hydrogen) atoms. The minimum atomic E-state index is -3.51. The van der Waals surface area contributed by atoms with Crippen LogP contribution < -0.4 is 4.72 Å². The highest BCUT2D eigenvalue weighted by atomic mass is 32.2. The molecule has 3 rings (SSSR count). The van der Waals surface area contributed by atoms with Gasteiger partial charge in [0, 0.05) is 32.2 Å². The summed E-state index contributed by atoms with van der Waals surface area (Å²) in [6, 6.07) is 10.4. The van der Waals surface area contributed by atoms with Gasteiger partial charge in [-0.25, -0.2) is 13.1 Å². The van der Waals surface area contributed by atoms with E-state index < -0.39 is 10.0 Å². The van der Waals surface area contributed by atoms with Gasteiger partial charge in [-0.3, -0.25) is 9.58 Å². The molecule has 1 fully saturated rings.